The summed E-state index contributed by atoms with van der Waals surface area (Å²) in [7, 11) is 0. The molecule has 0 saturated heterocycles. The van der Waals surface area contributed by atoms with E-state index in [1.54, 1.807) is 55.8 Å². The van der Waals surface area contributed by atoms with Gasteiger partial charge >= 0.3 is 5.97 Å². The lowest BCUT2D eigenvalue weighted by Gasteiger charge is -2.11. The van der Waals surface area contributed by atoms with E-state index in [9.17, 15) is 14.4 Å². The number of nitrogens with one attached hydrogen (secondary N) is 1. The third kappa shape index (κ3) is 4.44. The second kappa shape index (κ2) is 8.10. The van der Waals surface area contributed by atoms with E-state index in [0.717, 1.165) is 0 Å². The first-order valence-corrected chi connectivity index (χ1v) is 7.82. The number of rotatable bonds is 6. The van der Waals surface area contributed by atoms with E-state index in [0.29, 0.717) is 22.5 Å². The molecule has 130 valence electrons. The highest BCUT2D eigenvalue weighted by atomic mass is 16.5. The highest BCUT2D eigenvalue weighted by molar-refractivity contribution is 6.02. The van der Waals surface area contributed by atoms with Crippen molar-refractivity contribution < 1.29 is 19.1 Å². The van der Waals surface area contributed by atoms with Gasteiger partial charge in [-0.05, 0) is 39.0 Å². The minimum Gasteiger partial charge on any atom is -0.454 e. The number of carbonyl (C=O) groups excluding carboxylic acids is 3. The fraction of sp³-hybridized carbons (Fsp3) is 0.211. The number of aryl methyl sites for hydroxylation is 1. The number of hydrogen-bond acceptors (Lipinski definition) is 4. The number of aromatic nitrogens is 1. The average molecular weight is 340 g/mol. The third-order valence-corrected chi connectivity index (χ3v) is 3.63. The number of esters is 1. The van der Waals surface area contributed by atoms with Gasteiger partial charge in [0, 0.05) is 28.6 Å². The first-order chi connectivity index (χ1) is 11.9. The molecule has 0 aliphatic rings. The number of benzene rings is 1. The lowest BCUT2D eigenvalue weighted by molar-refractivity contribution is -0.136. The maximum Gasteiger partial charge on any atom is 0.330 e. The van der Waals surface area contributed by atoms with E-state index in [1.165, 1.54) is 12.2 Å². The molecule has 6 nitrogen and oxygen atoms in total. The predicted octanol–water partition coefficient (Wildman–Crippen LogP) is 2.79. The summed E-state index contributed by atoms with van der Waals surface area (Å²) in [5, 5.41) is 0. The summed E-state index contributed by atoms with van der Waals surface area (Å²) in [4.78, 5) is 35.9. The standard InChI is InChI=1S/C19H20N2O4/c1-4-8-18(23)25-12-17(22)16-11-13(2)21(14(16)3)20-19(24)15-9-6-5-7-10-15/h4-11H,12H2,1-3H3,(H,20,24)/b8-4+. The first-order valence-electron chi connectivity index (χ1n) is 7.82. The van der Waals surface area contributed by atoms with E-state index in [4.69, 9.17) is 4.74 Å². The Labute approximate surface area is 146 Å². The fourth-order valence-corrected chi connectivity index (χ4v) is 2.37. The number of allylic oxidation sites excluding steroid dienone is 1. The molecule has 1 N–H and O–H groups in total. The van der Waals surface area contributed by atoms with Crippen molar-refractivity contribution in [3.63, 3.8) is 0 Å². The van der Waals surface area contributed by atoms with E-state index in [2.05, 4.69) is 5.43 Å². The van der Waals surface area contributed by atoms with Crippen LogP contribution in [-0.2, 0) is 9.53 Å². The van der Waals surface area contributed by atoms with Gasteiger partial charge in [-0.3, -0.25) is 19.7 Å². The number of ether oxygens (including phenoxy) is 1. The maximum atomic E-state index is 12.3. The van der Waals surface area contributed by atoms with Crippen LogP contribution in [0.4, 0.5) is 0 Å². The van der Waals surface area contributed by atoms with Gasteiger partial charge in [0.2, 0.25) is 5.78 Å². The van der Waals surface area contributed by atoms with Gasteiger partial charge in [0.1, 0.15) is 0 Å². The zero-order chi connectivity index (χ0) is 18.4. The van der Waals surface area contributed by atoms with Crippen molar-refractivity contribution in [1.29, 1.82) is 0 Å². The van der Waals surface area contributed by atoms with E-state index in [-0.39, 0.29) is 18.3 Å². The Hall–Kier alpha value is -3.15. The number of ketones is 1. The quantitative estimate of drug-likeness (QED) is 0.498. The Bertz CT molecular complexity index is 819. The van der Waals surface area contributed by atoms with Gasteiger partial charge in [0.25, 0.3) is 5.91 Å². The Balaban J connectivity index is 2.13. The highest BCUT2D eigenvalue weighted by Crippen LogP contribution is 2.15. The van der Waals surface area contributed by atoms with Gasteiger partial charge < -0.3 is 4.74 Å². The third-order valence-electron chi connectivity index (χ3n) is 3.63. The summed E-state index contributed by atoms with van der Waals surface area (Å²) in [6.45, 7) is 4.84. The van der Waals surface area contributed by atoms with E-state index < -0.39 is 5.97 Å². The van der Waals surface area contributed by atoms with E-state index >= 15 is 0 Å². The molecule has 25 heavy (non-hydrogen) atoms. The van der Waals surface area contributed by atoms with Gasteiger partial charge in [-0.15, -0.1) is 0 Å². The first kappa shape index (κ1) is 18.2. The summed E-state index contributed by atoms with van der Waals surface area (Å²) < 4.78 is 6.43. The molecule has 0 unspecified atom stereocenters. The topological polar surface area (TPSA) is 77.4 Å². The Kier molecular flexibility index (Phi) is 5.89. The summed E-state index contributed by atoms with van der Waals surface area (Å²) in [5.41, 5.74) is 4.96. The number of carbonyl (C=O) groups is 3. The molecule has 1 aromatic heterocycles. The second-order valence-corrected chi connectivity index (χ2v) is 5.46. The van der Waals surface area contributed by atoms with Gasteiger partial charge in [-0.2, -0.15) is 0 Å². The Morgan fingerprint density at radius 3 is 2.48 bits per heavy atom. The molecule has 1 heterocycles. The Morgan fingerprint density at radius 1 is 1.16 bits per heavy atom. The summed E-state index contributed by atoms with van der Waals surface area (Å²) >= 11 is 0. The maximum absolute atomic E-state index is 12.3. The van der Waals surface area contributed by atoms with Crippen molar-refractivity contribution in [3.05, 3.63) is 71.1 Å². The SMILES string of the molecule is C/C=C/C(=O)OCC(=O)c1cc(C)n(NC(=O)c2ccccc2)c1C. The lowest BCUT2D eigenvalue weighted by atomic mass is 10.1. The average Bonchev–Trinajstić information content (AvgIpc) is 2.89. The predicted molar refractivity (Wildman–Crippen MR) is 94.1 cm³/mol. The fourth-order valence-electron chi connectivity index (χ4n) is 2.37. The van der Waals surface area contributed by atoms with Crippen LogP contribution in [0.3, 0.4) is 0 Å². The van der Waals surface area contributed by atoms with Crippen LogP contribution >= 0.6 is 0 Å². The molecule has 0 atom stereocenters. The van der Waals surface area contributed by atoms with Crippen molar-refractivity contribution in [2.75, 3.05) is 12.0 Å². The molecule has 2 aromatic rings. The van der Waals surface area contributed by atoms with Crippen molar-refractivity contribution in [2.24, 2.45) is 0 Å². The number of Topliss-reactive ketones (excluding diaryl/α,β-unsaturated/α-hetero) is 1. The molecule has 1 amide bonds. The lowest BCUT2D eigenvalue weighted by Crippen LogP contribution is -2.25. The van der Waals surface area contributed by atoms with Crippen LogP contribution in [0.25, 0.3) is 0 Å². The smallest absolute Gasteiger partial charge is 0.330 e. The molecule has 0 saturated carbocycles. The highest BCUT2D eigenvalue weighted by Gasteiger charge is 2.18. The van der Waals surface area contributed by atoms with Crippen LogP contribution in [0.1, 0.15) is 39.0 Å². The molecule has 0 spiro atoms. The van der Waals surface area contributed by atoms with Crippen LogP contribution in [0.2, 0.25) is 0 Å². The van der Waals surface area contributed by atoms with Crippen LogP contribution in [0, 0.1) is 13.8 Å². The van der Waals surface area contributed by atoms with Gasteiger partial charge in [0.15, 0.2) is 6.61 Å². The molecule has 1 aromatic carbocycles. The number of hydrogen-bond donors (Lipinski definition) is 1. The number of nitrogens with zero attached hydrogens (tertiary/aromatic N) is 1. The molecular weight excluding hydrogens is 320 g/mol. The molecule has 0 aliphatic heterocycles. The minimum absolute atomic E-state index is 0.277. The van der Waals surface area contributed by atoms with Gasteiger partial charge in [-0.1, -0.05) is 24.3 Å². The van der Waals surface area contributed by atoms with Crippen LogP contribution in [-0.4, -0.2) is 28.9 Å². The summed E-state index contributed by atoms with van der Waals surface area (Å²) in [6.07, 6.45) is 2.79. The minimum atomic E-state index is -0.568. The largest absolute Gasteiger partial charge is 0.454 e. The van der Waals surface area contributed by atoms with E-state index in [1.807, 2.05) is 6.07 Å². The zero-order valence-corrected chi connectivity index (χ0v) is 14.4. The number of amides is 1. The van der Waals surface area contributed by atoms with Crippen molar-refractivity contribution >= 4 is 17.7 Å². The molecule has 2 rings (SSSR count). The second-order valence-electron chi connectivity index (χ2n) is 5.46. The summed E-state index contributed by atoms with van der Waals surface area (Å²) in [5.74, 6) is -1.17. The molecule has 0 radical (unpaired) electrons. The van der Waals surface area contributed by atoms with Crippen LogP contribution in [0.15, 0.2) is 48.6 Å². The monoisotopic (exact) mass is 340 g/mol. The van der Waals surface area contributed by atoms with Crippen LogP contribution < -0.4 is 5.43 Å². The summed E-state index contributed by atoms with van der Waals surface area (Å²) in [6, 6.07) is 10.4. The Morgan fingerprint density at radius 2 is 1.84 bits per heavy atom. The molecule has 0 bridgehead atoms. The molecular formula is C19H20N2O4. The molecule has 0 aliphatic carbocycles. The molecule has 0 fully saturated rings. The molecule has 6 heteroatoms. The normalized spacial score (nSPS) is 10.7. The van der Waals surface area contributed by atoms with Crippen molar-refractivity contribution in [1.82, 2.24) is 4.68 Å². The van der Waals surface area contributed by atoms with Gasteiger partial charge in [-0.25, -0.2) is 4.79 Å². The van der Waals surface area contributed by atoms with Crippen molar-refractivity contribution in [3.8, 4) is 0 Å². The van der Waals surface area contributed by atoms with Crippen molar-refractivity contribution in [2.45, 2.75) is 20.8 Å². The van der Waals surface area contributed by atoms with Crippen LogP contribution in [0.5, 0.6) is 0 Å². The zero-order valence-electron chi connectivity index (χ0n) is 14.4. The van der Waals surface area contributed by atoms with Gasteiger partial charge in [0.05, 0.1) is 0 Å².